The normalized spacial score (nSPS) is 15.3. The summed E-state index contributed by atoms with van der Waals surface area (Å²) in [6.45, 7) is 10.8. The SMILES string of the molecule is CC(C)C[C@H](N)C(=O)N[C@H](C(=O)N[C@H](C(=O)N[C@H](C=O)CC(N)=O)C(C)C)C(C)C. The van der Waals surface area contributed by atoms with E-state index in [2.05, 4.69) is 16.0 Å². The van der Waals surface area contributed by atoms with Crippen LogP contribution >= 0.6 is 0 Å². The van der Waals surface area contributed by atoms with E-state index in [9.17, 15) is 24.0 Å². The number of primary amides is 1. The van der Waals surface area contributed by atoms with Gasteiger partial charge in [-0.25, -0.2) is 0 Å². The zero-order chi connectivity index (χ0) is 23.6. The number of nitrogens with two attached hydrogens (primary N) is 2. The van der Waals surface area contributed by atoms with Gasteiger partial charge in [-0.3, -0.25) is 19.2 Å². The van der Waals surface area contributed by atoms with E-state index in [1.807, 2.05) is 13.8 Å². The highest BCUT2D eigenvalue weighted by atomic mass is 16.2. The van der Waals surface area contributed by atoms with Crippen molar-refractivity contribution < 1.29 is 24.0 Å². The molecular formula is C20H37N5O5. The number of rotatable bonds is 13. The molecule has 0 heterocycles. The molecule has 0 saturated carbocycles. The molecule has 4 amide bonds. The Morgan fingerprint density at radius 3 is 1.60 bits per heavy atom. The van der Waals surface area contributed by atoms with Crippen molar-refractivity contribution in [2.24, 2.45) is 29.2 Å². The molecular weight excluding hydrogens is 390 g/mol. The third-order valence-electron chi connectivity index (χ3n) is 4.47. The van der Waals surface area contributed by atoms with Gasteiger partial charge in [-0.05, 0) is 24.2 Å². The number of carbonyl (C=O) groups excluding carboxylic acids is 5. The summed E-state index contributed by atoms with van der Waals surface area (Å²) in [6, 6.07) is -3.69. The molecule has 7 N–H and O–H groups in total. The summed E-state index contributed by atoms with van der Waals surface area (Å²) in [5.74, 6) is -2.69. The number of hydrogen-bond acceptors (Lipinski definition) is 6. The summed E-state index contributed by atoms with van der Waals surface area (Å²) < 4.78 is 0. The lowest BCUT2D eigenvalue weighted by atomic mass is 9.98. The van der Waals surface area contributed by atoms with Crippen LogP contribution < -0.4 is 27.4 Å². The first-order valence-corrected chi connectivity index (χ1v) is 10.2. The van der Waals surface area contributed by atoms with Crippen molar-refractivity contribution in [2.75, 3.05) is 0 Å². The molecule has 0 unspecified atom stereocenters. The van der Waals surface area contributed by atoms with Gasteiger partial charge in [-0.2, -0.15) is 0 Å². The molecule has 0 saturated heterocycles. The van der Waals surface area contributed by atoms with Gasteiger partial charge in [-0.1, -0.05) is 41.5 Å². The number of carbonyl (C=O) groups is 5. The molecule has 0 aromatic carbocycles. The average molecular weight is 428 g/mol. The zero-order valence-electron chi connectivity index (χ0n) is 18.7. The first-order chi connectivity index (χ1) is 13.8. The predicted molar refractivity (Wildman–Crippen MR) is 113 cm³/mol. The van der Waals surface area contributed by atoms with Crippen molar-refractivity contribution in [2.45, 2.75) is 78.6 Å². The van der Waals surface area contributed by atoms with Crippen LogP contribution in [0.25, 0.3) is 0 Å². The Morgan fingerprint density at radius 1 is 0.800 bits per heavy atom. The van der Waals surface area contributed by atoms with Crippen LogP contribution in [0.3, 0.4) is 0 Å². The van der Waals surface area contributed by atoms with E-state index in [1.165, 1.54) is 0 Å². The van der Waals surface area contributed by atoms with Gasteiger partial charge in [-0.15, -0.1) is 0 Å². The maximum absolute atomic E-state index is 12.8. The largest absolute Gasteiger partial charge is 0.370 e. The highest BCUT2D eigenvalue weighted by molar-refractivity contribution is 5.94. The van der Waals surface area contributed by atoms with E-state index in [1.54, 1.807) is 27.7 Å². The van der Waals surface area contributed by atoms with Crippen LogP contribution in [0, 0.1) is 17.8 Å². The summed E-state index contributed by atoms with van der Waals surface area (Å²) in [7, 11) is 0. The van der Waals surface area contributed by atoms with E-state index in [0.717, 1.165) is 0 Å². The van der Waals surface area contributed by atoms with Crippen LogP contribution in [-0.4, -0.2) is 54.1 Å². The van der Waals surface area contributed by atoms with E-state index in [0.29, 0.717) is 12.7 Å². The second kappa shape index (κ2) is 12.9. The Balaban J connectivity index is 5.26. The molecule has 10 nitrogen and oxygen atoms in total. The molecule has 0 aromatic rings. The summed E-state index contributed by atoms with van der Waals surface area (Å²) in [5, 5.41) is 7.69. The fourth-order valence-electron chi connectivity index (χ4n) is 2.81. The van der Waals surface area contributed by atoms with Gasteiger partial charge in [0.2, 0.25) is 23.6 Å². The van der Waals surface area contributed by atoms with Crippen LogP contribution in [0.2, 0.25) is 0 Å². The molecule has 0 fully saturated rings. The Kier molecular flexibility index (Phi) is 11.9. The molecule has 0 aliphatic carbocycles. The van der Waals surface area contributed by atoms with Crippen molar-refractivity contribution in [3.63, 3.8) is 0 Å². The minimum absolute atomic E-state index is 0.220. The Hall–Kier alpha value is -2.49. The van der Waals surface area contributed by atoms with Crippen LogP contribution in [0.1, 0.15) is 54.4 Å². The van der Waals surface area contributed by atoms with Crippen molar-refractivity contribution in [3.05, 3.63) is 0 Å². The van der Waals surface area contributed by atoms with E-state index in [4.69, 9.17) is 11.5 Å². The minimum Gasteiger partial charge on any atom is -0.370 e. The molecule has 0 aliphatic heterocycles. The topological polar surface area (TPSA) is 173 Å². The van der Waals surface area contributed by atoms with E-state index >= 15 is 0 Å². The molecule has 0 radical (unpaired) electrons. The quantitative estimate of drug-likeness (QED) is 0.241. The summed E-state index contributed by atoms with van der Waals surface area (Å²) >= 11 is 0. The summed E-state index contributed by atoms with van der Waals surface area (Å²) in [4.78, 5) is 59.9. The van der Waals surface area contributed by atoms with Crippen LogP contribution in [-0.2, 0) is 24.0 Å². The minimum atomic E-state index is -1.08. The fourth-order valence-corrected chi connectivity index (χ4v) is 2.81. The zero-order valence-corrected chi connectivity index (χ0v) is 18.7. The van der Waals surface area contributed by atoms with Crippen molar-refractivity contribution in [3.8, 4) is 0 Å². The van der Waals surface area contributed by atoms with Gasteiger partial charge < -0.3 is 32.2 Å². The standard InChI is InChI=1S/C20H37N5O5/c1-10(2)7-14(21)18(28)24-17(12(5)6)20(30)25-16(11(3)4)19(29)23-13(9-26)8-15(22)27/h9-14,16-17H,7-8,21H2,1-6H3,(H2,22,27)(H,23,29)(H,24,28)(H,25,30)/t13-,14-,16-,17-/m0/s1. The molecule has 10 heteroatoms. The maximum Gasteiger partial charge on any atom is 0.243 e. The first kappa shape index (κ1) is 27.5. The first-order valence-electron chi connectivity index (χ1n) is 10.2. The van der Waals surface area contributed by atoms with Crippen LogP contribution in [0.15, 0.2) is 0 Å². The second-order valence-electron chi connectivity index (χ2n) is 8.62. The molecule has 0 aromatic heterocycles. The van der Waals surface area contributed by atoms with Crippen molar-refractivity contribution in [1.82, 2.24) is 16.0 Å². The Bertz CT molecular complexity index is 621. The highest BCUT2D eigenvalue weighted by Crippen LogP contribution is 2.09. The molecule has 4 atom stereocenters. The number of nitrogens with one attached hydrogen (secondary N) is 3. The third-order valence-corrected chi connectivity index (χ3v) is 4.47. The second-order valence-corrected chi connectivity index (χ2v) is 8.62. The molecule has 0 rings (SSSR count). The summed E-state index contributed by atoms with van der Waals surface area (Å²) in [5.41, 5.74) is 11.0. The highest BCUT2D eigenvalue weighted by Gasteiger charge is 2.32. The van der Waals surface area contributed by atoms with Gasteiger partial charge in [0.05, 0.1) is 18.5 Å². The van der Waals surface area contributed by atoms with Crippen LogP contribution in [0.5, 0.6) is 0 Å². The lowest BCUT2D eigenvalue weighted by molar-refractivity contribution is -0.134. The number of amides is 4. The Labute approximate surface area is 178 Å². The Morgan fingerprint density at radius 2 is 1.23 bits per heavy atom. The predicted octanol–water partition coefficient (Wildman–Crippen LogP) is -0.799. The number of aldehydes is 1. The van der Waals surface area contributed by atoms with Gasteiger partial charge in [0.1, 0.15) is 18.4 Å². The lowest BCUT2D eigenvalue weighted by Crippen LogP contribution is -2.59. The third kappa shape index (κ3) is 9.82. The monoisotopic (exact) mass is 427 g/mol. The lowest BCUT2D eigenvalue weighted by Gasteiger charge is -2.28. The van der Waals surface area contributed by atoms with E-state index < -0.39 is 47.8 Å². The van der Waals surface area contributed by atoms with Crippen molar-refractivity contribution >= 4 is 29.9 Å². The van der Waals surface area contributed by atoms with Gasteiger partial charge in [0.15, 0.2) is 0 Å². The van der Waals surface area contributed by atoms with E-state index in [-0.39, 0.29) is 24.2 Å². The molecule has 0 spiro atoms. The fraction of sp³-hybridized carbons (Fsp3) is 0.750. The molecule has 0 bridgehead atoms. The van der Waals surface area contributed by atoms with Gasteiger partial charge in [0.25, 0.3) is 0 Å². The molecule has 30 heavy (non-hydrogen) atoms. The smallest absolute Gasteiger partial charge is 0.243 e. The molecule has 172 valence electrons. The van der Waals surface area contributed by atoms with Crippen LogP contribution in [0.4, 0.5) is 0 Å². The van der Waals surface area contributed by atoms with Crippen molar-refractivity contribution in [1.29, 1.82) is 0 Å². The average Bonchev–Trinajstić information content (AvgIpc) is 2.61. The van der Waals surface area contributed by atoms with Gasteiger partial charge >= 0.3 is 0 Å². The number of hydrogen-bond donors (Lipinski definition) is 5. The summed E-state index contributed by atoms with van der Waals surface area (Å²) in [6.07, 6.45) is 0.545. The maximum atomic E-state index is 12.8. The molecule has 0 aliphatic rings. The van der Waals surface area contributed by atoms with Gasteiger partial charge in [0, 0.05) is 0 Å².